The van der Waals surface area contributed by atoms with E-state index in [1.54, 1.807) is 0 Å². The first-order chi connectivity index (χ1) is 10.7. The molecule has 3 atom stereocenters. The molecule has 22 heavy (non-hydrogen) atoms. The smallest absolute Gasteiger partial charge is 0.227 e. The highest BCUT2D eigenvalue weighted by Crippen LogP contribution is 2.40. The zero-order chi connectivity index (χ0) is 15.5. The minimum absolute atomic E-state index is 0.0301. The highest BCUT2D eigenvalue weighted by molar-refractivity contribution is 5.83. The standard InChI is InChI=1S/C19H28N2O/c1-2-17(13-7-4-3-5-8-13)19(22)21-18-14-9-6-10-15(18)12-16(20)11-14/h3-5,7-8,14-18H,2,6,9-12,20H2,1H3,(H,21,22). The van der Waals surface area contributed by atoms with E-state index in [1.165, 1.54) is 19.3 Å². The van der Waals surface area contributed by atoms with Gasteiger partial charge in [-0.2, -0.15) is 0 Å². The van der Waals surface area contributed by atoms with Gasteiger partial charge in [-0.1, -0.05) is 43.7 Å². The zero-order valence-electron chi connectivity index (χ0n) is 13.5. The third-order valence-electron chi connectivity index (χ3n) is 5.61. The van der Waals surface area contributed by atoms with Crippen molar-refractivity contribution in [2.24, 2.45) is 17.6 Å². The predicted molar refractivity (Wildman–Crippen MR) is 89.4 cm³/mol. The molecule has 0 aliphatic heterocycles. The number of rotatable bonds is 4. The van der Waals surface area contributed by atoms with Gasteiger partial charge in [-0.3, -0.25) is 4.79 Å². The van der Waals surface area contributed by atoms with Gasteiger partial charge in [0.05, 0.1) is 5.92 Å². The molecule has 2 aliphatic rings. The molecular weight excluding hydrogens is 272 g/mol. The van der Waals surface area contributed by atoms with Crippen molar-refractivity contribution in [1.29, 1.82) is 0 Å². The Morgan fingerprint density at radius 1 is 1.23 bits per heavy atom. The van der Waals surface area contributed by atoms with Gasteiger partial charge >= 0.3 is 0 Å². The van der Waals surface area contributed by atoms with Gasteiger partial charge in [-0.15, -0.1) is 0 Å². The summed E-state index contributed by atoms with van der Waals surface area (Å²) in [6.07, 6.45) is 6.73. The normalized spacial score (nSPS) is 32.3. The molecule has 2 fully saturated rings. The molecule has 0 heterocycles. The van der Waals surface area contributed by atoms with Crippen molar-refractivity contribution < 1.29 is 4.79 Å². The molecular formula is C19H28N2O. The second-order valence-corrected chi connectivity index (χ2v) is 7.09. The highest BCUT2D eigenvalue weighted by Gasteiger charge is 2.40. The van der Waals surface area contributed by atoms with Gasteiger partial charge in [-0.25, -0.2) is 0 Å². The van der Waals surface area contributed by atoms with Gasteiger partial charge < -0.3 is 11.1 Å². The van der Waals surface area contributed by atoms with E-state index >= 15 is 0 Å². The maximum absolute atomic E-state index is 12.8. The lowest BCUT2D eigenvalue weighted by Crippen LogP contribution is -2.54. The molecule has 0 saturated heterocycles. The molecule has 3 N–H and O–H groups in total. The van der Waals surface area contributed by atoms with Crippen molar-refractivity contribution in [3.05, 3.63) is 35.9 Å². The molecule has 1 amide bonds. The predicted octanol–water partition coefficient (Wildman–Crippen LogP) is 3.20. The first-order valence-corrected chi connectivity index (χ1v) is 8.80. The number of hydrogen-bond acceptors (Lipinski definition) is 2. The molecule has 0 aromatic heterocycles. The van der Waals surface area contributed by atoms with Gasteiger partial charge in [-0.05, 0) is 49.5 Å². The number of amides is 1. The van der Waals surface area contributed by atoms with Crippen LogP contribution in [0.2, 0.25) is 0 Å². The van der Waals surface area contributed by atoms with Crippen LogP contribution in [0.15, 0.2) is 30.3 Å². The average Bonchev–Trinajstić information content (AvgIpc) is 2.50. The molecule has 3 rings (SSSR count). The second kappa shape index (κ2) is 6.82. The molecule has 2 bridgehead atoms. The van der Waals surface area contributed by atoms with E-state index in [-0.39, 0.29) is 11.8 Å². The second-order valence-electron chi connectivity index (χ2n) is 7.09. The minimum atomic E-state index is -0.0301. The topological polar surface area (TPSA) is 55.1 Å². The van der Waals surface area contributed by atoms with Gasteiger partial charge in [0.2, 0.25) is 5.91 Å². The van der Waals surface area contributed by atoms with Crippen LogP contribution in [0, 0.1) is 11.8 Å². The quantitative estimate of drug-likeness (QED) is 0.897. The summed E-state index contributed by atoms with van der Waals surface area (Å²) >= 11 is 0. The summed E-state index contributed by atoms with van der Waals surface area (Å²) in [7, 11) is 0. The monoisotopic (exact) mass is 300 g/mol. The van der Waals surface area contributed by atoms with Crippen molar-refractivity contribution in [1.82, 2.24) is 5.32 Å². The molecule has 3 heteroatoms. The van der Waals surface area contributed by atoms with E-state index in [1.807, 2.05) is 18.2 Å². The Labute approximate surface area is 133 Å². The van der Waals surface area contributed by atoms with Gasteiger partial charge in [0.25, 0.3) is 0 Å². The van der Waals surface area contributed by atoms with Crippen molar-refractivity contribution >= 4 is 5.91 Å². The van der Waals surface area contributed by atoms with Crippen LogP contribution in [0.4, 0.5) is 0 Å². The van der Waals surface area contributed by atoms with E-state index < -0.39 is 0 Å². The third kappa shape index (κ3) is 3.19. The SMILES string of the molecule is CCC(C(=O)NC1C2CCCC1CC(N)C2)c1ccccc1. The highest BCUT2D eigenvalue weighted by atomic mass is 16.1. The molecule has 2 aliphatic carbocycles. The van der Waals surface area contributed by atoms with Crippen LogP contribution in [0.25, 0.3) is 0 Å². The Hall–Kier alpha value is -1.35. The number of carbonyl (C=O) groups is 1. The molecule has 0 spiro atoms. The first kappa shape index (κ1) is 15.5. The number of hydrogen-bond donors (Lipinski definition) is 2. The fourth-order valence-corrected chi connectivity index (χ4v) is 4.55. The lowest BCUT2D eigenvalue weighted by molar-refractivity contribution is -0.125. The number of carbonyl (C=O) groups excluding carboxylic acids is 1. The molecule has 3 nitrogen and oxygen atoms in total. The summed E-state index contributed by atoms with van der Waals surface area (Å²) in [5, 5.41) is 3.40. The van der Waals surface area contributed by atoms with Crippen LogP contribution in [-0.4, -0.2) is 18.0 Å². The van der Waals surface area contributed by atoms with Crippen LogP contribution < -0.4 is 11.1 Å². The summed E-state index contributed by atoms with van der Waals surface area (Å²) in [6.45, 7) is 2.09. The van der Waals surface area contributed by atoms with E-state index in [0.29, 0.717) is 23.9 Å². The summed E-state index contributed by atoms with van der Waals surface area (Å²) < 4.78 is 0. The largest absolute Gasteiger partial charge is 0.352 e. The van der Waals surface area contributed by atoms with Crippen LogP contribution in [0.5, 0.6) is 0 Å². The Bertz CT molecular complexity index is 487. The average molecular weight is 300 g/mol. The maximum atomic E-state index is 12.8. The van der Waals surface area contributed by atoms with E-state index in [2.05, 4.69) is 24.4 Å². The molecule has 2 saturated carbocycles. The molecule has 1 aromatic rings. The fourth-order valence-electron chi connectivity index (χ4n) is 4.55. The first-order valence-electron chi connectivity index (χ1n) is 8.80. The lowest BCUT2D eigenvalue weighted by Gasteiger charge is -2.45. The van der Waals surface area contributed by atoms with Crippen LogP contribution in [-0.2, 0) is 4.79 Å². The van der Waals surface area contributed by atoms with E-state index in [0.717, 1.165) is 24.8 Å². The molecule has 1 aromatic carbocycles. The van der Waals surface area contributed by atoms with Crippen molar-refractivity contribution in [2.45, 2.75) is 63.5 Å². The number of fused-ring (bicyclic) bond motifs is 2. The Morgan fingerprint density at radius 2 is 1.86 bits per heavy atom. The number of nitrogens with one attached hydrogen (secondary N) is 1. The van der Waals surface area contributed by atoms with Gasteiger partial charge in [0.15, 0.2) is 0 Å². The van der Waals surface area contributed by atoms with E-state index in [9.17, 15) is 4.79 Å². The maximum Gasteiger partial charge on any atom is 0.227 e. The van der Waals surface area contributed by atoms with E-state index in [4.69, 9.17) is 5.73 Å². The summed E-state index contributed by atoms with van der Waals surface area (Å²) in [6, 6.07) is 10.8. The summed E-state index contributed by atoms with van der Waals surface area (Å²) in [5.74, 6) is 1.34. The van der Waals surface area contributed by atoms with Crippen molar-refractivity contribution in [2.75, 3.05) is 0 Å². The Morgan fingerprint density at radius 3 is 2.45 bits per heavy atom. The molecule has 0 radical (unpaired) electrons. The van der Waals surface area contributed by atoms with Gasteiger partial charge in [0.1, 0.15) is 0 Å². The van der Waals surface area contributed by atoms with Crippen LogP contribution in [0.3, 0.4) is 0 Å². The molecule has 3 unspecified atom stereocenters. The van der Waals surface area contributed by atoms with Crippen molar-refractivity contribution in [3.63, 3.8) is 0 Å². The van der Waals surface area contributed by atoms with Gasteiger partial charge in [0, 0.05) is 12.1 Å². The fraction of sp³-hybridized carbons (Fsp3) is 0.632. The Kier molecular flexibility index (Phi) is 4.82. The number of benzene rings is 1. The number of nitrogens with two attached hydrogens (primary N) is 1. The zero-order valence-corrected chi connectivity index (χ0v) is 13.5. The summed E-state index contributed by atoms with van der Waals surface area (Å²) in [4.78, 5) is 12.8. The lowest BCUT2D eigenvalue weighted by atomic mass is 9.67. The third-order valence-corrected chi connectivity index (χ3v) is 5.61. The van der Waals surface area contributed by atoms with Crippen molar-refractivity contribution in [3.8, 4) is 0 Å². The van der Waals surface area contributed by atoms with Crippen LogP contribution in [0.1, 0.15) is 56.9 Å². The minimum Gasteiger partial charge on any atom is -0.352 e. The Balaban J connectivity index is 1.70. The molecule has 120 valence electrons. The van der Waals surface area contributed by atoms with Crippen LogP contribution >= 0.6 is 0 Å². The summed E-state index contributed by atoms with van der Waals surface area (Å²) in [5.41, 5.74) is 7.31.